The molecule has 0 bridgehead atoms. The first-order valence-electron chi connectivity index (χ1n) is 9.29. The van der Waals surface area contributed by atoms with Gasteiger partial charge in [0.05, 0.1) is 13.0 Å². The first kappa shape index (κ1) is 16.6. The normalized spacial score (nSPS) is 29.1. The Morgan fingerprint density at radius 2 is 2.12 bits per heavy atom. The first-order chi connectivity index (χ1) is 12.0. The van der Waals surface area contributed by atoms with E-state index in [0.717, 1.165) is 50.2 Å². The van der Waals surface area contributed by atoms with E-state index in [1.54, 1.807) is 7.11 Å². The van der Waals surface area contributed by atoms with Crippen molar-refractivity contribution in [1.82, 2.24) is 4.90 Å². The van der Waals surface area contributed by atoms with Crippen LogP contribution in [-0.2, 0) is 14.9 Å². The minimum absolute atomic E-state index is 0.0281. The van der Waals surface area contributed by atoms with E-state index in [0.29, 0.717) is 6.04 Å². The van der Waals surface area contributed by atoms with Crippen molar-refractivity contribution in [3.63, 3.8) is 0 Å². The molecule has 3 aliphatic rings. The van der Waals surface area contributed by atoms with Gasteiger partial charge in [-0.3, -0.25) is 4.79 Å². The lowest BCUT2D eigenvalue weighted by Gasteiger charge is -2.41. The second-order valence-electron chi connectivity index (χ2n) is 7.86. The molecule has 1 heterocycles. The Morgan fingerprint density at radius 3 is 2.80 bits per heavy atom. The van der Waals surface area contributed by atoms with Crippen LogP contribution in [0.1, 0.15) is 43.2 Å². The standard InChI is InChI=1S/C21H27NO3/c1-14-12-16(6-7-18(14)24-3)21-9-8-17(25-20(23)15-4-5-15)13-19(21)22(2)11-10-21/h6-8,12,15,19H,4-5,9-11,13H2,1-3H3. The molecule has 4 heteroatoms. The zero-order valence-electron chi connectivity index (χ0n) is 15.4. The van der Waals surface area contributed by atoms with E-state index in [9.17, 15) is 4.79 Å². The van der Waals surface area contributed by atoms with E-state index in [-0.39, 0.29) is 17.3 Å². The van der Waals surface area contributed by atoms with E-state index in [1.165, 1.54) is 11.1 Å². The molecule has 1 aromatic carbocycles. The molecule has 0 N–H and O–H groups in total. The summed E-state index contributed by atoms with van der Waals surface area (Å²) in [5, 5.41) is 0. The summed E-state index contributed by atoms with van der Waals surface area (Å²) in [6.07, 6.45) is 7.03. The lowest BCUT2D eigenvalue weighted by molar-refractivity contribution is -0.141. The number of carbonyl (C=O) groups is 1. The molecule has 4 nitrogen and oxygen atoms in total. The van der Waals surface area contributed by atoms with Gasteiger partial charge < -0.3 is 14.4 Å². The van der Waals surface area contributed by atoms with Crippen molar-refractivity contribution in [3.8, 4) is 5.75 Å². The molecule has 4 rings (SSSR count). The summed E-state index contributed by atoms with van der Waals surface area (Å²) in [6.45, 7) is 3.18. The minimum atomic E-state index is -0.0281. The Kier molecular flexibility index (Phi) is 4.11. The Labute approximate surface area is 149 Å². The number of carbonyl (C=O) groups excluding carboxylic acids is 1. The van der Waals surface area contributed by atoms with Gasteiger partial charge in [-0.2, -0.15) is 0 Å². The fourth-order valence-corrected chi connectivity index (χ4v) is 4.54. The van der Waals surface area contributed by atoms with Crippen LogP contribution in [0.5, 0.6) is 5.75 Å². The zero-order valence-corrected chi connectivity index (χ0v) is 15.4. The molecule has 25 heavy (non-hydrogen) atoms. The number of hydrogen-bond donors (Lipinski definition) is 0. The van der Waals surface area contributed by atoms with Crippen molar-refractivity contribution in [2.24, 2.45) is 5.92 Å². The maximum absolute atomic E-state index is 12.0. The molecular formula is C21H27NO3. The van der Waals surface area contributed by atoms with Crippen molar-refractivity contribution in [2.45, 2.75) is 50.5 Å². The van der Waals surface area contributed by atoms with Gasteiger partial charge in [-0.25, -0.2) is 0 Å². The summed E-state index contributed by atoms with van der Waals surface area (Å²) < 4.78 is 11.1. The number of aryl methyl sites for hydroxylation is 1. The molecule has 2 unspecified atom stereocenters. The van der Waals surface area contributed by atoms with Crippen LogP contribution in [0.4, 0.5) is 0 Å². The number of likely N-dealkylation sites (N-methyl/N-ethyl adjacent to an activating group) is 1. The summed E-state index contributed by atoms with van der Waals surface area (Å²) in [4.78, 5) is 14.4. The van der Waals surface area contributed by atoms with Gasteiger partial charge in [0.15, 0.2) is 0 Å². The molecule has 134 valence electrons. The van der Waals surface area contributed by atoms with Crippen LogP contribution >= 0.6 is 0 Å². The summed E-state index contributed by atoms with van der Waals surface area (Å²) in [5.41, 5.74) is 2.67. The summed E-state index contributed by atoms with van der Waals surface area (Å²) in [7, 11) is 3.91. The van der Waals surface area contributed by atoms with Crippen LogP contribution in [0, 0.1) is 12.8 Å². The number of likely N-dealkylation sites (tertiary alicyclic amines) is 1. The Balaban J connectivity index is 1.62. The second-order valence-corrected chi connectivity index (χ2v) is 7.86. The third-order valence-corrected chi connectivity index (χ3v) is 6.28. The number of ether oxygens (including phenoxy) is 2. The van der Waals surface area contributed by atoms with E-state index >= 15 is 0 Å². The molecule has 1 saturated carbocycles. The van der Waals surface area contributed by atoms with Crippen molar-refractivity contribution >= 4 is 5.97 Å². The van der Waals surface area contributed by atoms with E-state index in [4.69, 9.17) is 9.47 Å². The number of benzene rings is 1. The van der Waals surface area contributed by atoms with Crippen molar-refractivity contribution in [1.29, 1.82) is 0 Å². The average molecular weight is 341 g/mol. The van der Waals surface area contributed by atoms with Gasteiger partial charge in [0.1, 0.15) is 11.5 Å². The molecule has 0 amide bonds. The quantitative estimate of drug-likeness (QED) is 0.785. The lowest BCUT2D eigenvalue weighted by Crippen LogP contribution is -2.43. The molecule has 2 atom stereocenters. The van der Waals surface area contributed by atoms with Crippen LogP contribution in [-0.4, -0.2) is 37.6 Å². The number of rotatable bonds is 4. The summed E-state index contributed by atoms with van der Waals surface area (Å²) >= 11 is 0. The van der Waals surface area contributed by atoms with Gasteiger partial charge in [0.25, 0.3) is 0 Å². The number of esters is 1. The Bertz CT molecular complexity index is 722. The predicted octanol–water partition coefficient (Wildman–Crippen LogP) is 3.58. The van der Waals surface area contributed by atoms with Crippen molar-refractivity contribution < 1.29 is 14.3 Å². The average Bonchev–Trinajstić information content (AvgIpc) is 3.41. The third-order valence-electron chi connectivity index (χ3n) is 6.28. The van der Waals surface area contributed by atoms with Crippen molar-refractivity contribution in [2.75, 3.05) is 20.7 Å². The molecule has 0 spiro atoms. The number of nitrogens with zero attached hydrogens (tertiary/aromatic N) is 1. The molecule has 1 saturated heterocycles. The SMILES string of the molecule is COc1ccc(C23CC=C(OC(=O)C4CC4)CC2N(C)CC3)cc1C. The fourth-order valence-electron chi connectivity index (χ4n) is 4.54. The summed E-state index contributed by atoms with van der Waals surface area (Å²) in [6, 6.07) is 6.96. The number of methoxy groups -OCH3 is 1. The smallest absolute Gasteiger partial charge is 0.313 e. The van der Waals surface area contributed by atoms with Crippen LogP contribution in [0.3, 0.4) is 0 Å². The predicted molar refractivity (Wildman–Crippen MR) is 96.6 cm³/mol. The van der Waals surface area contributed by atoms with Gasteiger partial charge >= 0.3 is 5.97 Å². The molecule has 0 radical (unpaired) electrons. The molecule has 0 aromatic heterocycles. The second kappa shape index (κ2) is 6.17. The first-order valence-corrected chi connectivity index (χ1v) is 9.29. The van der Waals surface area contributed by atoms with E-state index in [2.05, 4.69) is 43.1 Å². The number of fused-ring (bicyclic) bond motifs is 1. The Hall–Kier alpha value is -1.81. The molecule has 1 aromatic rings. The monoisotopic (exact) mass is 341 g/mol. The van der Waals surface area contributed by atoms with Gasteiger partial charge in [0, 0.05) is 17.9 Å². The zero-order chi connectivity index (χ0) is 17.6. The van der Waals surface area contributed by atoms with Crippen LogP contribution in [0.15, 0.2) is 30.0 Å². The van der Waals surface area contributed by atoms with E-state index < -0.39 is 0 Å². The number of hydrogen-bond acceptors (Lipinski definition) is 4. The fraction of sp³-hybridized carbons (Fsp3) is 0.571. The largest absolute Gasteiger partial charge is 0.496 e. The highest BCUT2D eigenvalue weighted by atomic mass is 16.5. The highest BCUT2D eigenvalue weighted by Crippen LogP contribution is 2.49. The Morgan fingerprint density at radius 1 is 1.32 bits per heavy atom. The lowest BCUT2D eigenvalue weighted by atomic mass is 9.68. The van der Waals surface area contributed by atoms with E-state index in [1.807, 2.05) is 0 Å². The highest BCUT2D eigenvalue weighted by molar-refractivity contribution is 5.76. The molecular weight excluding hydrogens is 314 g/mol. The maximum Gasteiger partial charge on any atom is 0.313 e. The van der Waals surface area contributed by atoms with Crippen LogP contribution in [0.25, 0.3) is 0 Å². The van der Waals surface area contributed by atoms with Gasteiger partial charge in [-0.15, -0.1) is 0 Å². The minimum Gasteiger partial charge on any atom is -0.496 e. The van der Waals surface area contributed by atoms with Crippen molar-refractivity contribution in [3.05, 3.63) is 41.2 Å². The van der Waals surface area contributed by atoms with Gasteiger partial charge in [0.2, 0.25) is 0 Å². The van der Waals surface area contributed by atoms with Gasteiger partial charge in [-0.05, 0) is 69.5 Å². The molecule has 1 aliphatic heterocycles. The summed E-state index contributed by atoms with van der Waals surface area (Å²) in [5.74, 6) is 1.93. The molecule has 2 fully saturated rings. The van der Waals surface area contributed by atoms with Crippen LogP contribution < -0.4 is 4.74 Å². The van der Waals surface area contributed by atoms with Crippen LogP contribution in [0.2, 0.25) is 0 Å². The highest BCUT2D eigenvalue weighted by Gasteiger charge is 2.49. The molecule has 2 aliphatic carbocycles. The third kappa shape index (κ3) is 2.86. The van der Waals surface area contributed by atoms with Gasteiger partial charge in [-0.1, -0.05) is 12.1 Å². The number of allylic oxidation sites excluding steroid dienone is 1. The maximum atomic E-state index is 12.0. The topological polar surface area (TPSA) is 38.8 Å².